The van der Waals surface area contributed by atoms with Crippen molar-refractivity contribution < 1.29 is 4.92 Å². The first-order chi connectivity index (χ1) is 9.99. The number of nitro groups is 1. The molecular weight excluding hydrogens is 400 g/mol. The molecule has 2 aromatic rings. The Morgan fingerprint density at radius 1 is 1.19 bits per heavy atom. The second kappa shape index (κ2) is 7.15. The molecule has 2 aromatic carbocycles. The number of benzene rings is 2. The van der Waals surface area contributed by atoms with E-state index in [1.54, 1.807) is 6.07 Å². The second-order valence-corrected chi connectivity index (χ2v) is 6.37. The van der Waals surface area contributed by atoms with Crippen LogP contribution in [0, 0.1) is 10.1 Å². The number of hydrogen-bond donors (Lipinski definition) is 1. The maximum absolute atomic E-state index is 10.9. The fraction of sp³-hybridized carbons (Fsp3) is 0.200. The van der Waals surface area contributed by atoms with Gasteiger partial charge in [0.25, 0.3) is 5.69 Å². The van der Waals surface area contributed by atoms with Crippen LogP contribution in [0.25, 0.3) is 0 Å². The number of halogens is 2. The summed E-state index contributed by atoms with van der Waals surface area (Å²) in [7, 11) is 0. The molecule has 0 heterocycles. The molecule has 0 unspecified atom stereocenters. The molecule has 21 heavy (non-hydrogen) atoms. The number of nitro benzene ring substituents is 1. The first-order valence-corrected chi connectivity index (χ1v) is 7.98. The average Bonchev–Trinajstić information content (AvgIpc) is 2.46. The number of nitrogens with one attached hydrogen (secondary N) is 1. The van der Waals surface area contributed by atoms with Gasteiger partial charge in [0, 0.05) is 23.1 Å². The van der Waals surface area contributed by atoms with Crippen molar-refractivity contribution in [3.63, 3.8) is 0 Å². The van der Waals surface area contributed by atoms with E-state index in [0.717, 1.165) is 10.0 Å². The normalized spacial score (nSPS) is 12.1. The molecule has 0 aliphatic rings. The highest BCUT2D eigenvalue weighted by atomic mass is 79.9. The van der Waals surface area contributed by atoms with Crippen LogP contribution in [0.1, 0.15) is 24.1 Å². The van der Waals surface area contributed by atoms with Crippen LogP contribution in [0.15, 0.2) is 51.4 Å². The zero-order chi connectivity index (χ0) is 15.4. The van der Waals surface area contributed by atoms with Crippen molar-refractivity contribution in [1.82, 2.24) is 5.32 Å². The molecule has 0 amide bonds. The maximum Gasteiger partial charge on any atom is 0.283 e. The summed E-state index contributed by atoms with van der Waals surface area (Å²) >= 11 is 6.72. The van der Waals surface area contributed by atoms with Crippen LogP contribution in [0.2, 0.25) is 0 Å². The molecule has 2 rings (SSSR count). The Kier molecular flexibility index (Phi) is 5.50. The van der Waals surface area contributed by atoms with Gasteiger partial charge in [-0.2, -0.15) is 0 Å². The standard InChI is InChI=1S/C15H14Br2N2O2/c1-10(11-5-7-13(16)8-6-11)18-9-12-3-2-4-14(15(12)17)19(20)21/h2-8,10,18H,9H2,1H3/t10-/m0/s1. The molecule has 0 aliphatic heterocycles. The van der Waals surface area contributed by atoms with E-state index < -0.39 is 0 Å². The molecular formula is C15H14Br2N2O2. The van der Waals surface area contributed by atoms with Gasteiger partial charge in [-0.1, -0.05) is 40.2 Å². The second-order valence-electron chi connectivity index (χ2n) is 4.66. The van der Waals surface area contributed by atoms with E-state index in [-0.39, 0.29) is 16.7 Å². The van der Waals surface area contributed by atoms with Gasteiger partial charge >= 0.3 is 0 Å². The fourth-order valence-electron chi connectivity index (χ4n) is 1.98. The van der Waals surface area contributed by atoms with Crippen molar-refractivity contribution in [3.8, 4) is 0 Å². The highest BCUT2D eigenvalue weighted by Gasteiger charge is 2.15. The first kappa shape index (κ1) is 16.1. The number of rotatable bonds is 5. The van der Waals surface area contributed by atoms with Crippen LogP contribution in [0.4, 0.5) is 5.69 Å². The molecule has 4 nitrogen and oxygen atoms in total. The van der Waals surface area contributed by atoms with Crippen molar-refractivity contribution in [1.29, 1.82) is 0 Å². The minimum absolute atomic E-state index is 0.0885. The van der Waals surface area contributed by atoms with Crippen LogP contribution in [0.5, 0.6) is 0 Å². The molecule has 0 radical (unpaired) electrons. The van der Waals surface area contributed by atoms with E-state index in [1.807, 2.05) is 30.3 Å². The van der Waals surface area contributed by atoms with Crippen molar-refractivity contribution in [2.75, 3.05) is 0 Å². The summed E-state index contributed by atoms with van der Waals surface area (Å²) in [5.74, 6) is 0. The molecule has 6 heteroatoms. The van der Waals surface area contributed by atoms with Crippen molar-refractivity contribution in [2.24, 2.45) is 0 Å². The van der Waals surface area contributed by atoms with Gasteiger partial charge in [0.2, 0.25) is 0 Å². The van der Waals surface area contributed by atoms with E-state index in [9.17, 15) is 10.1 Å². The highest BCUT2D eigenvalue weighted by molar-refractivity contribution is 9.10. The summed E-state index contributed by atoms with van der Waals surface area (Å²) < 4.78 is 1.57. The first-order valence-electron chi connectivity index (χ1n) is 6.39. The summed E-state index contributed by atoms with van der Waals surface area (Å²) in [6, 6.07) is 13.3. The van der Waals surface area contributed by atoms with Crippen LogP contribution in [-0.2, 0) is 6.54 Å². The van der Waals surface area contributed by atoms with Crippen molar-refractivity contribution >= 4 is 37.5 Å². The van der Waals surface area contributed by atoms with Gasteiger partial charge < -0.3 is 5.32 Å². The van der Waals surface area contributed by atoms with Gasteiger partial charge in [0.05, 0.1) is 9.40 Å². The number of nitrogens with zero attached hydrogens (tertiary/aromatic N) is 1. The lowest BCUT2D eigenvalue weighted by Gasteiger charge is -2.15. The monoisotopic (exact) mass is 412 g/mol. The third-order valence-corrected chi connectivity index (χ3v) is 4.67. The van der Waals surface area contributed by atoms with Crippen LogP contribution >= 0.6 is 31.9 Å². The summed E-state index contributed by atoms with van der Waals surface area (Å²) in [5, 5.41) is 14.3. The van der Waals surface area contributed by atoms with Crippen LogP contribution < -0.4 is 5.32 Å². The van der Waals surface area contributed by atoms with E-state index >= 15 is 0 Å². The molecule has 0 fully saturated rings. The molecule has 1 N–H and O–H groups in total. The molecule has 0 aliphatic carbocycles. The van der Waals surface area contributed by atoms with Gasteiger partial charge in [-0.3, -0.25) is 10.1 Å². The Morgan fingerprint density at radius 3 is 2.48 bits per heavy atom. The Hall–Kier alpha value is -1.24. The third kappa shape index (κ3) is 4.12. The molecule has 0 bridgehead atoms. The zero-order valence-electron chi connectivity index (χ0n) is 11.3. The van der Waals surface area contributed by atoms with Crippen LogP contribution in [0.3, 0.4) is 0 Å². The molecule has 1 atom stereocenters. The SMILES string of the molecule is C[C@H](NCc1cccc([N+](=O)[O-])c1Br)c1ccc(Br)cc1. The lowest BCUT2D eigenvalue weighted by Crippen LogP contribution is -2.18. The van der Waals surface area contributed by atoms with E-state index in [2.05, 4.69) is 44.1 Å². The molecule has 0 saturated heterocycles. The van der Waals surface area contributed by atoms with Gasteiger partial charge in [-0.15, -0.1) is 0 Å². The smallest absolute Gasteiger partial charge is 0.283 e. The van der Waals surface area contributed by atoms with Gasteiger partial charge in [0.15, 0.2) is 0 Å². The third-order valence-electron chi connectivity index (χ3n) is 3.22. The summed E-state index contributed by atoms with van der Waals surface area (Å²) in [5.41, 5.74) is 2.12. The van der Waals surface area contributed by atoms with Gasteiger partial charge in [-0.25, -0.2) is 0 Å². The highest BCUT2D eigenvalue weighted by Crippen LogP contribution is 2.28. The predicted molar refractivity (Wildman–Crippen MR) is 90.2 cm³/mol. The average molecular weight is 414 g/mol. The quantitative estimate of drug-likeness (QED) is 0.556. The number of hydrogen-bond acceptors (Lipinski definition) is 3. The molecule has 110 valence electrons. The maximum atomic E-state index is 10.9. The van der Waals surface area contributed by atoms with E-state index in [4.69, 9.17) is 0 Å². The Balaban J connectivity index is 2.08. The predicted octanol–water partition coefficient (Wildman–Crippen LogP) is 4.97. The largest absolute Gasteiger partial charge is 0.306 e. The van der Waals surface area contributed by atoms with Crippen molar-refractivity contribution in [2.45, 2.75) is 19.5 Å². The zero-order valence-corrected chi connectivity index (χ0v) is 14.5. The minimum atomic E-state index is -0.383. The topological polar surface area (TPSA) is 55.2 Å². The van der Waals surface area contributed by atoms with Gasteiger partial charge in [0.1, 0.15) is 0 Å². The molecule has 0 spiro atoms. The lowest BCUT2D eigenvalue weighted by atomic mass is 10.1. The van der Waals surface area contributed by atoms with E-state index in [0.29, 0.717) is 11.0 Å². The van der Waals surface area contributed by atoms with Gasteiger partial charge in [-0.05, 0) is 46.1 Å². The Morgan fingerprint density at radius 2 is 1.86 bits per heavy atom. The molecule has 0 saturated carbocycles. The fourth-order valence-corrected chi connectivity index (χ4v) is 2.79. The van der Waals surface area contributed by atoms with Crippen molar-refractivity contribution in [3.05, 3.63) is 72.7 Å². The minimum Gasteiger partial charge on any atom is -0.306 e. The van der Waals surface area contributed by atoms with Crippen LogP contribution in [-0.4, -0.2) is 4.92 Å². The summed E-state index contributed by atoms with van der Waals surface area (Å²) in [6.07, 6.45) is 0. The lowest BCUT2D eigenvalue weighted by molar-refractivity contribution is -0.385. The van der Waals surface area contributed by atoms with E-state index in [1.165, 1.54) is 11.6 Å². The molecule has 0 aromatic heterocycles. The Bertz CT molecular complexity index is 645. The summed E-state index contributed by atoms with van der Waals surface area (Å²) in [4.78, 5) is 10.5. The summed E-state index contributed by atoms with van der Waals surface area (Å²) in [6.45, 7) is 2.62. The Labute approximate surface area is 140 Å².